The first-order valence-electron chi connectivity index (χ1n) is 8.47. The van der Waals surface area contributed by atoms with Crippen LogP contribution in [0.25, 0.3) is 10.8 Å². The summed E-state index contributed by atoms with van der Waals surface area (Å²) in [6.07, 6.45) is 1.56. The number of halogens is 1. The topological polar surface area (TPSA) is 54.5 Å². The van der Waals surface area contributed by atoms with Gasteiger partial charge in [-0.05, 0) is 28.5 Å². The van der Waals surface area contributed by atoms with E-state index in [9.17, 15) is 4.79 Å². The lowest BCUT2D eigenvalue weighted by atomic mass is 10.0. The predicted molar refractivity (Wildman–Crippen MR) is 101 cm³/mol. The maximum Gasteiger partial charge on any atom is 0.317 e. The number of hydrogen-bond acceptors (Lipinski definition) is 3. The van der Waals surface area contributed by atoms with Crippen molar-refractivity contribution in [3.63, 3.8) is 0 Å². The summed E-state index contributed by atoms with van der Waals surface area (Å²) in [6.45, 7) is 1.54. The molecule has 2 amide bonds. The van der Waals surface area contributed by atoms with E-state index in [0.29, 0.717) is 30.5 Å². The fourth-order valence-electron chi connectivity index (χ4n) is 3.02. The second-order valence-corrected chi connectivity index (χ2v) is 6.64. The van der Waals surface area contributed by atoms with Crippen LogP contribution in [-0.4, -0.2) is 35.1 Å². The van der Waals surface area contributed by atoms with Gasteiger partial charge in [-0.15, -0.1) is 0 Å². The Labute approximate surface area is 156 Å². The summed E-state index contributed by atoms with van der Waals surface area (Å²) in [4.78, 5) is 18.1. The van der Waals surface area contributed by atoms with Crippen molar-refractivity contribution in [3.05, 3.63) is 71.4 Å². The lowest BCUT2D eigenvalue weighted by Gasteiger charge is -2.38. The normalized spacial score (nSPS) is 14.1. The molecule has 1 aromatic heterocycles. The van der Waals surface area contributed by atoms with E-state index < -0.39 is 0 Å². The second kappa shape index (κ2) is 7.22. The van der Waals surface area contributed by atoms with E-state index in [-0.39, 0.29) is 12.1 Å². The molecule has 3 aromatic rings. The third kappa shape index (κ3) is 3.44. The van der Waals surface area contributed by atoms with Gasteiger partial charge in [-0.1, -0.05) is 54.1 Å². The van der Waals surface area contributed by atoms with E-state index in [0.717, 1.165) is 10.9 Å². The summed E-state index contributed by atoms with van der Waals surface area (Å²) in [5.74, 6) is 0.412. The predicted octanol–water partition coefficient (Wildman–Crippen LogP) is 3.86. The number of amides is 2. The van der Waals surface area contributed by atoms with Crippen molar-refractivity contribution in [1.82, 2.24) is 15.2 Å². The fraction of sp³-hybridized carbons (Fsp3) is 0.200. The van der Waals surface area contributed by atoms with Crippen LogP contribution in [0.15, 0.2) is 60.8 Å². The number of likely N-dealkylation sites (tertiary alicyclic amines) is 1. The minimum absolute atomic E-state index is 0.0781. The molecule has 6 heteroatoms. The Bertz CT molecular complexity index is 936. The molecule has 4 rings (SSSR count). The largest absolute Gasteiger partial charge is 0.470 e. The van der Waals surface area contributed by atoms with E-state index in [1.54, 1.807) is 23.2 Å². The van der Waals surface area contributed by atoms with Crippen molar-refractivity contribution in [1.29, 1.82) is 0 Å². The van der Waals surface area contributed by atoms with Gasteiger partial charge in [0.05, 0.1) is 13.1 Å². The molecule has 1 fully saturated rings. The molecule has 1 N–H and O–H groups in total. The molecule has 0 atom stereocenters. The molecule has 0 radical (unpaired) electrons. The van der Waals surface area contributed by atoms with Gasteiger partial charge in [-0.3, -0.25) is 0 Å². The standard InChI is InChI=1S/C20H18ClN3O2/c21-18-9-4-10-22-19(18)26-16-12-24(13-16)20(25)23-11-15-7-3-6-14-5-1-2-8-17(14)15/h1-10,16H,11-13H2,(H,23,25). The molecular weight excluding hydrogens is 350 g/mol. The van der Waals surface area contributed by atoms with Gasteiger partial charge in [0.15, 0.2) is 0 Å². The first kappa shape index (κ1) is 16.7. The Morgan fingerprint density at radius 1 is 1.15 bits per heavy atom. The monoisotopic (exact) mass is 367 g/mol. The summed E-state index contributed by atoms with van der Waals surface area (Å²) in [6, 6.07) is 17.7. The van der Waals surface area contributed by atoms with Gasteiger partial charge in [-0.25, -0.2) is 9.78 Å². The SMILES string of the molecule is O=C(NCc1cccc2ccccc12)N1CC(Oc2ncccc2Cl)C1. The Morgan fingerprint density at radius 3 is 2.81 bits per heavy atom. The number of rotatable bonds is 4. The van der Waals surface area contributed by atoms with Crippen LogP contribution >= 0.6 is 11.6 Å². The molecule has 132 valence electrons. The third-order valence-corrected chi connectivity index (χ3v) is 4.74. The first-order valence-corrected chi connectivity index (χ1v) is 8.85. The van der Waals surface area contributed by atoms with Crippen LogP contribution in [-0.2, 0) is 6.54 Å². The van der Waals surface area contributed by atoms with Crippen molar-refractivity contribution in [2.45, 2.75) is 12.6 Å². The zero-order chi connectivity index (χ0) is 17.9. The minimum Gasteiger partial charge on any atom is -0.470 e. The number of urea groups is 1. The summed E-state index contributed by atoms with van der Waals surface area (Å²) in [5, 5.41) is 5.78. The number of benzene rings is 2. The summed E-state index contributed by atoms with van der Waals surface area (Å²) >= 11 is 6.03. The molecule has 0 saturated carbocycles. The van der Waals surface area contributed by atoms with Crippen LogP contribution in [0.5, 0.6) is 5.88 Å². The smallest absolute Gasteiger partial charge is 0.317 e. The van der Waals surface area contributed by atoms with Crippen molar-refractivity contribution < 1.29 is 9.53 Å². The zero-order valence-electron chi connectivity index (χ0n) is 14.1. The summed E-state index contributed by atoms with van der Waals surface area (Å²) in [7, 11) is 0. The van der Waals surface area contributed by atoms with E-state index in [1.165, 1.54) is 5.39 Å². The highest BCUT2D eigenvalue weighted by atomic mass is 35.5. The van der Waals surface area contributed by atoms with Crippen molar-refractivity contribution in [2.75, 3.05) is 13.1 Å². The number of carbonyl (C=O) groups is 1. The van der Waals surface area contributed by atoms with Crippen LogP contribution in [0, 0.1) is 0 Å². The molecular formula is C20H18ClN3O2. The van der Waals surface area contributed by atoms with E-state index in [2.05, 4.69) is 28.5 Å². The lowest BCUT2D eigenvalue weighted by molar-refractivity contribution is 0.0414. The quantitative estimate of drug-likeness (QED) is 0.761. The number of carbonyl (C=O) groups excluding carboxylic acids is 1. The fourth-order valence-corrected chi connectivity index (χ4v) is 3.19. The highest BCUT2D eigenvalue weighted by molar-refractivity contribution is 6.31. The first-order chi connectivity index (χ1) is 12.7. The van der Waals surface area contributed by atoms with Crippen molar-refractivity contribution in [2.24, 2.45) is 0 Å². The highest BCUT2D eigenvalue weighted by Gasteiger charge is 2.32. The van der Waals surface area contributed by atoms with Crippen molar-refractivity contribution >= 4 is 28.4 Å². The molecule has 0 aliphatic carbocycles. The molecule has 1 aliphatic heterocycles. The van der Waals surface area contributed by atoms with Crippen LogP contribution < -0.4 is 10.1 Å². The Kier molecular flexibility index (Phi) is 4.63. The van der Waals surface area contributed by atoms with E-state index >= 15 is 0 Å². The molecule has 0 unspecified atom stereocenters. The lowest BCUT2D eigenvalue weighted by Crippen LogP contribution is -2.58. The van der Waals surface area contributed by atoms with Crippen molar-refractivity contribution in [3.8, 4) is 5.88 Å². The Hall–Kier alpha value is -2.79. The molecule has 0 spiro atoms. The molecule has 26 heavy (non-hydrogen) atoms. The molecule has 0 bridgehead atoms. The van der Waals surface area contributed by atoms with Crippen LogP contribution in [0.1, 0.15) is 5.56 Å². The number of pyridine rings is 1. The van der Waals surface area contributed by atoms with Gasteiger partial charge in [0.2, 0.25) is 5.88 Å². The Morgan fingerprint density at radius 2 is 1.96 bits per heavy atom. The van der Waals surface area contributed by atoms with Gasteiger partial charge in [0.25, 0.3) is 0 Å². The number of ether oxygens (including phenoxy) is 1. The molecule has 1 aliphatic rings. The van der Waals surface area contributed by atoms with E-state index in [1.807, 2.05) is 24.3 Å². The average Bonchev–Trinajstić information content (AvgIpc) is 2.63. The number of nitrogens with zero attached hydrogens (tertiary/aromatic N) is 2. The van der Waals surface area contributed by atoms with Crippen LogP contribution in [0.4, 0.5) is 4.79 Å². The van der Waals surface area contributed by atoms with Gasteiger partial charge >= 0.3 is 6.03 Å². The minimum atomic E-state index is -0.0927. The highest BCUT2D eigenvalue weighted by Crippen LogP contribution is 2.24. The third-order valence-electron chi connectivity index (χ3n) is 4.45. The summed E-state index contributed by atoms with van der Waals surface area (Å²) < 4.78 is 5.72. The molecule has 2 heterocycles. The maximum atomic E-state index is 12.3. The van der Waals surface area contributed by atoms with Gasteiger partial charge in [0.1, 0.15) is 11.1 Å². The molecule has 2 aromatic carbocycles. The molecule has 1 saturated heterocycles. The number of fused-ring (bicyclic) bond motifs is 1. The Balaban J connectivity index is 1.31. The van der Waals surface area contributed by atoms with Gasteiger partial charge < -0.3 is 15.0 Å². The van der Waals surface area contributed by atoms with Gasteiger partial charge in [0, 0.05) is 12.7 Å². The number of hydrogen-bond donors (Lipinski definition) is 1. The zero-order valence-corrected chi connectivity index (χ0v) is 14.8. The average molecular weight is 368 g/mol. The number of aromatic nitrogens is 1. The van der Waals surface area contributed by atoms with Crippen LogP contribution in [0.3, 0.4) is 0 Å². The second-order valence-electron chi connectivity index (χ2n) is 6.23. The maximum absolute atomic E-state index is 12.3. The number of nitrogens with one attached hydrogen (secondary N) is 1. The summed E-state index contributed by atoms with van der Waals surface area (Å²) in [5.41, 5.74) is 1.10. The van der Waals surface area contributed by atoms with E-state index in [4.69, 9.17) is 16.3 Å². The van der Waals surface area contributed by atoms with Crippen LogP contribution in [0.2, 0.25) is 5.02 Å². The van der Waals surface area contributed by atoms with Gasteiger partial charge in [-0.2, -0.15) is 0 Å². The molecule has 5 nitrogen and oxygen atoms in total.